The molecule has 1 aliphatic rings. The number of aliphatic hydroxyl groups is 4. The molecule has 0 amide bonds. The molecule has 0 unspecified atom stereocenters. The third-order valence-corrected chi connectivity index (χ3v) is 3.29. The Labute approximate surface area is 127 Å². The third-order valence-electron chi connectivity index (χ3n) is 3.29. The predicted octanol–water partition coefficient (Wildman–Crippen LogP) is -0.957. The van der Waals surface area contributed by atoms with Crippen molar-refractivity contribution in [2.24, 2.45) is 0 Å². The van der Waals surface area contributed by atoms with Crippen LogP contribution in [0.3, 0.4) is 0 Å². The van der Waals surface area contributed by atoms with E-state index in [1.807, 2.05) is 18.2 Å². The number of ether oxygens (including phenoxy) is 2. The molecule has 1 aromatic rings. The number of aliphatic hydroxyl groups excluding tert-OH is 4. The second kappa shape index (κ2) is 7.48. The number of carbonyl (C=O) groups excluding carboxylic acids is 1. The Kier molecular flexibility index (Phi) is 5.64. The van der Waals surface area contributed by atoms with E-state index in [-0.39, 0.29) is 0 Å². The summed E-state index contributed by atoms with van der Waals surface area (Å²) in [6.45, 7) is -0.584. The fourth-order valence-corrected chi connectivity index (χ4v) is 2.05. The first kappa shape index (κ1) is 16.6. The maximum atomic E-state index is 11.7. The minimum absolute atomic E-state index is 0.584. The van der Waals surface area contributed by atoms with E-state index in [0.717, 1.165) is 11.6 Å². The van der Waals surface area contributed by atoms with Crippen molar-refractivity contribution in [1.82, 2.24) is 0 Å². The molecule has 0 radical (unpaired) electrons. The van der Waals surface area contributed by atoms with Gasteiger partial charge in [-0.3, -0.25) is 0 Å². The molecule has 7 nitrogen and oxygen atoms in total. The summed E-state index contributed by atoms with van der Waals surface area (Å²) in [4.78, 5) is 11.7. The number of hydrogen-bond donors (Lipinski definition) is 4. The lowest BCUT2D eigenvalue weighted by Gasteiger charge is -2.38. The molecule has 5 atom stereocenters. The smallest absolute Gasteiger partial charge is 0.333 e. The van der Waals surface area contributed by atoms with Gasteiger partial charge in [-0.25, -0.2) is 4.79 Å². The number of esters is 1. The molecule has 4 N–H and O–H groups in total. The van der Waals surface area contributed by atoms with Gasteiger partial charge in [-0.1, -0.05) is 30.3 Å². The number of hydrogen-bond acceptors (Lipinski definition) is 7. The molecule has 1 aliphatic heterocycles. The van der Waals surface area contributed by atoms with Gasteiger partial charge in [0.15, 0.2) is 0 Å². The highest BCUT2D eigenvalue weighted by atomic mass is 16.7. The molecule has 2 rings (SSSR count). The molecule has 0 aromatic heterocycles. The zero-order chi connectivity index (χ0) is 16.1. The van der Waals surface area contributed by atoms with Crippen LogP contribution in [0.2, 0.25) is 0 Å². The minimum Gasteiger partial charge on any atom is -0.430 e. The summed E-state index contributed by atoms with van der Waals surface area (Å²) >= 11 is 0. The van der Waals surface area contributed by atoms with Gasteiger partial charge in [-0.05, 0) is 11.6 Å². The van der Waals surface area contributed by atoms with Crippen LogP contribution in [0.1, 0.15) is 5.56 Å². The van der Waals surface area contributed by atoms with Crippen molar-refractivity contribution in [3.8, 4) is 0 Å². The Balaban J connectivity index is 1.97. The van der Waals surface area contributed by atoms with Crippen LogP contribution in [0.15, 0.2) is 36.4 Å². The van der Waals surface area contributed by atoms with Crippen LogP contribution in [0, 0.1) is 0 Å². The first-order valence-electron chi connectivity index (χ1n) is 6.77. The zero-order valence-electron chi connectivity index (χ0n) is 11.6. The van der Waals surface area contributed by atoms with Gasteiger partial charge in [-0.2, -0.15) is 0 Å². The molecule has 1 saturated heterocycles. The average Bonchev–Trinajstić information content (AvgIpc) is 2.54. The lowest BCUT2D eigenvalue weighted by molar-refractivity contribution is -0.291. The van der Waals surface area contributed by atoms with E-state index >= 15 is 0 Å². The number of rotatable bonds is 4. The SMILES string of the molecule is O=C(/C=C/c1ccccc1)O[C@H]1O[C@@H](CO)[C@H](O)[C@@H](O)[C@@H]1O. The van der Waals surface area contributed by atoms with Crippen LogP contribution in [0.4, 0.5) is 0 Å². The Morgan fingerprint density at radius 1 is 1.14 bits per heavy atom. The second-order valence-electron chi connectivity index (χ2n) is 4.88. The van der Waals surface area contributed by atoms with Crippen LogP contribution in [-0.2, 0) is 14.3 Å². The van der Waals surface area contributed by atoms with Crippen LogP contribution in [-0.4, -0.2) is 63.7 Å². The highest BCUT2D eigenvalue weighted by Crippen LogP contribution is 2.22. The van der Waals surface area contributed by atoms with Crippen molar-refractivity contribution in [3.63, 3.8) is 0 Å². The summed E-state index contributed by atoms with van der Waals surface area (Å²) in [5, 5.41) is 38.0. The first-order chi connectivity index (χ1) is 10.5. The average molecular weight is 310 g/mol. The van der Waals surface area contributed by atoms with E-state index in [0.29, 0.717) is 0 Å². The molecule has 120 valence electrons. The molecule has 0 aliphatic carbocycles. The summed E-state index contributed by atoms with van der Waals surface area (Å²) in [5.74, 6) is -0.784. The van der Waals surface area contributed by atoms with Gasteiger partial charge in [0.05, 0.1) is 6.61 Å². The lowest BCUT2D eigenvalue weighted by Crippen LogP contribution is -2.59. The molecule has 0 bridgehead atoms. The normalized spacial score (nSPS) is 32.1. The highest BCUT2D eigenvalue weighted by molar-refractivity contribution is 5.87. The molecule has 22 heavy (non-hydrogen) atoms. The summed E-state index contributed by atoms with van der Waals surface area (Å²) in [6.07, 6.45) is -4.59. The molecule has 1 heterocycles. The van der Waals surface area contributed by atoms with Gasteiger partial charge in [0, 0.05) is 6.08 Å². The largest absolute Gasteiger partial charge is 0.430 e. The van der Waals surface area contributed by atoms with Gasteiger partial charge in [-0.15, -0.1) is 0 Å². The maximum absolute atomic E-state index is 11.7. The second-order valence-corrected chi connectivity index (χ2v) is 4.88. The third kappa shape index (κ3) is 3.90. The van der Waals surface area contributed by atoms with Crippen molar-refractivity contribution in [3.05, 3.63) is 42.0 Å². The molecular formula is C15H18O7. The fraction of sp³-hybridized carbons (Fsp3) is 0.400. The van der Waals surface area contributed by atoms with Gasteiger partial charge >= 0.3 is 5.97 Å². The van der Waals surface area contributed by atoms with Crippen molar-refractivity contribution in [1.29, 1.82) is 0 Å². The highest BCUT2D eigenvalue weighted by Gasteiger charge is 2.45. The van der Waals surface area contributed by atoms with E-state index in [4.69, 9.17) is 14.6 Å². The Bertz CT molecular complexity index is 514. The summed E-state index contributed by atoms with van der Waals surface area (Å²) in [7, 11) is 0. The van der Waals surface area contributed by atoms with E-state index in [1.165, 1.54) is 6.08 Å². The maximum Gasteiger partial charge on any atom is 0.333 e. The Morgan fingerprint density at radius 3 is 2.45 bits per heavy atom. The van der Waals surface area contributed by atoms with E-state index in [9.17, 15) is 20.1 Å². The monoisotopic (exact) mass is 310 g/mol. The topological polar surface area (TPSA) is 116 Å². The summed E-state index contributed by atoms with van der Waals surface area (Å²) in [6, 6.07) is 9.03. The first-order valence-corrected chi connectivity index (χ1v) is 6.77. The minimum atomic E-state index is -1.60. The Morgan fingerprint density at radius 2 is 1.82 bits per heavy atom. The molecule has 0 spiro atoms. The zero-order valence-corrected chi connectivity index (χ0v) is 11.6. The molecule has 0 saturated carbocycles. The lowest BCUT2D eigenvalue weighted by atomic mass is 9.99. The number of benzene rings is 1. The van der Waals surface area contributed by atoms with Gasteiger partial charge in [0.25, 0.3) is 0 Å². The van der Waals surface area contributed by atoms with E-state index in [2.05, 4.69) is 0 Å². The molecular weight excluding hydrogens is 292 g/mol. The van der Waals surface area contributed by atoms with Crippen molar-refractivity contribution < 1.29 is 34.7 Å². The van der Waals surface area contributed by atoms with Gasteiger partial charge < -0.3 is 29.9 Å². The van der Waals surface area contributed by atoms with Crippen molar-refractivity contribution in [2.45, 2.75) is 30.7 Å². The van der Waals surface area contributed by atoms with Crippen molar-refractivity contribution in [2.75, 3.05) is 6.61 Å². The van der Waals surface area contributed by atoms with E-state index in [1.54, 1.807) is 12.1 Å². The molecule has 1 fully saturated rings. The quantitative estimate of drug-likeness (QED) is 0.418. The van der Waals surface area contributed by atoms with Crippen LogP contribution < -0.4 is 0 Å². The standard InChI is InChI=1S/C15H18O7/c16-8-10-12(18)13(19)14(20)15(21-10)22-11(17)7-6-9-4-2-1-3-5-9/h1-7,10,12-16,18-20H,8H2/b7-6+/t10-,12-,13+,14-,15+/m0/s1. The Hall–Kier alpha value is -1.77. The molecule has 7 heteroatoms. The van der Waals surface area contributed by atoms with E-state index < -0.39 is 43.3 Å². The van der Waals surface area contributed by atoms with Gasteiger partial charge in [0.1, 0.15) is 24.4 Å². The van der Waals surface area contributed by atoms with Crippen LogP contribution in [0.25, 0.3) is 6.08 Å². The van der Waals surface area contributed by atoms with Crippen LogP contribution in [0.5, 0.6) is 0 Å². The fourth-order valence-electron chi connectivity index (χ4n) is 2.05. The summed E-state index contributed by atoms with van der Waals surface area (Å²) in [5.41, 5.74) is 0.785. The predicted molar refractivity (Wildman–Crippen MR) is 75.3 cm³/mol. The summed E-state index contributed by atoms with van der Waals surface area (Å²) < 4.78 is 9.96. The van der Waals surface area contributed by atoms with Crippen LogP contribution >= 0.6 is 0 Å². The number of carbonyl (C=O) groups is 1. The van der Waals surface area contributed by atoms with Crippen molar-refractivity contribution >= 4 is 12.0 Å². The van der Waals surface area contributed by atoms with Gasteiger partial charge in [0.2, 0.25) is 6.29 Å². The molecule has 1 aromatic carbocycles.